The Hall–Kier alpha value is -2.11. The molecule has 0 spiro atoms. The van der Waals surface area contributed by atoms with Gasteiger partial charge in [0.2, 0.25) is 5.91 Å². The standard InChI is InChI=1S/C13H19N3O3/c1-4-16(5-2)12(17)9(3)14-11-8-6-7-10(15-11)13(18)19/h6-9H,4-5H2,1-3H3,(H,14,15)(H,18,19). The van der Waals surface area contributed by atoms with Crippen molar-refractivity contribution in [2.75, 3.05) is 18.4 Å². The number of anilines is 1. The Morgan fingerprint density at radius 3 is 2.53 bits per heavy atom. The zero-order valence-corrected chi connectivity index (χ0v) is 11.4. The third-order valence-corrected chi connectivity index (χ3v) is 2.78. The van der Waals surface area contributed by atoms with Crippen molar-refractivity contribution >= 4 is 17.7 Å². The molecule has 19 heavy (non-hydrogen) atoms. The summed E-state index contributed by atoms with van der Waals surface area (Å²) >= 11 is 0. The van der Waals surface area contributed by atoms with E-state index >= 15 is 0 Å². The first-order chi connectivity index (χ1) is 8.99. The number of aromatic nitrogens is 1. The van der Waals surface area contributed by atoms with Crippen LogP contribution in [0, 0.1) is 0 Å². The Bertz CT molecular complexity index is 458. The van der Waals surface area contributed by atoms with Gasteiger partial charge in [0.05, 0.1) is 0 Å². The normalized spacial score (nSPS) is 11.7. The lowest BCUT2D eigenvalue weighted by Crippen LogP contribution is -2.41. The van der Waals surface area contributed by atoms with E-state index in [-0.39, 0.29) is 11.6 Å². The quantitative estimate of drug-likeness (QED) is 0.813. The molecule has 0 aliphatic carbocycles. The van der Waals surface area contributed by atoms with Crippen LogP contribution in [0.15, 0.2) is 18.2 Å². The van der Waals surface area contributed by atoms with Gasteiger partial charge in [0.15, 0.2) is 5.69 Å². The van der Waals surface area contributed by atoms with Crippen LogP contribution in [0.5, 0.6) is 0 Å². The number of nitrogens with zero attached hydrogens (tertiary/aromatic N) is 2. The number of rotatable bonds is 6. The number of carboxylic acids is 1. The summed E-state index contributed by atoms with van der Waals surface area (Å²) in [5.41, 5.74) is -0.0486. The second-order valence-corrected chi connectivity index (χ2v) is 4.09. The largest absolute Gasteiger partial charge is 0.477 e. The summed E-state index contributed by atoms with van der Waals surface area (Å²) in [5.74, 6) is -0.744. The summed E-state index contributed by atoms with van der Waals surface area (Å²) < 4.78 is 0. The SMILES string of the molecule is CCN(CC)C(=O)C(C)Nc1cccc(C(=O)O)n1. The van der Waals surface area contributed by atoms with E-state index in [0.717, 1.165) is 0 Å². The van der Waals surface area contributed by atoms with Crippen molar-refractivity contribution in [2.24, 2.45) is 0 Å². The monoisotopic (exact) mass is 265 g/mol. The first-order valence-corrected chi connectivity index (χ1v) is 6.25. The number of hydrogen-bond acceptors (Lipinski definition) is 4. The van der Waals surface area contributed by atoms with Gasteiger partial charge in [-0.1, -0.05) is 6.07 Å². The molecule has 6 nitrogen and oxygen atoms in total. The van der Waals surface area contributed by atoms with E-state index in [2.05, 4.69) is 10.3 Å². The minimum Gasteiger partial charge on any atom is -0.477 e. The first kappa shape index (κ1) is 14.9. The highest BCUT2D eigenvalue weighted by molar-refractivity contribution is 5.86. The number of nitrogens with one attached hydrogen (secondary N) is 1. The van der Waals surface area contributed by atoms with Crippen LogP contribution in [0.25, 0.3) is 0 Å². The lowest BCUT2D eigenvalue weighted by atomic mass is 10.2. The van der Waals surface area contributed by atoms with Crippen molar-refractivity contribution in [3.8, 4) is 0 Å². The fraction of sp³-hybridized carbons (Fsp3) is 0.462. The fourth-order valence-electron chi connectivity index (χ4n) is 1.73. The van der Waals surface area contributed by atoms with Gasteiger partial charge < -0.3 is 15.3 Å². The third kappa shape index (κ3) is 3.94. The summed E-state index contributed by atoms with van der Waals surface area (Å²) in [6.07, 6.45) is 0. The Labute approximate surface area is 112 Å². The second kappa shape index (κ2) is 6.72. The summed E-state index contributed by atoms with van der Waals surface area (Å²) in [6, 6.07) is 4.19. The molecule has 0 saturated carbocycles. The molecule has 0 fully saturated rings. The molecule has 104 valence electrons. The van der Waals surface area contributed by atoms with E-state index in [1.165, 1.54) is 6.07 Å². The van der Waals surface area contributed by atoms with Gasteiger partial charge in [0.25, 0.3) is 0 Å². The summed E-state index contributed by atoms with van der Waals surface area (Å²) in [7, 11) is 0. The molecular formula is C13H19N3O3. The van der Waals surface area contributed by atoms with Gasteiger partial charge in [-0.15, -0.1) is 0 Å². The van der Waals surface area contributed by atoms with Gasteiger partial charge in [-0.25, -0.2) is 9.78 Å². The van der Waals surface area contributed by atoms with Gasteiger partial charge in [-0.2, -0.15) is 0 Å². The van der Waals surface area contributed by atoms with Crippen molar-refractivity contribution in [3.05, 3.63) is 23.9 Å². The molecule has 1 aromatic heterocycles. The van der Waals surface area contributed by atoms with Crippen molar-refractivity contribution in [3.63, 3.8) is 0 Å². The highest BCUT2D eigenvalue weighted by atomic mass is 16.4. The van der Waals surface area contributed by atoms with Crippen LogP contribution in [0.1, 0.15) is 31.3 Å². The number of carbonyl (C=O) groups excluding carboxylic acids is 1. The highest BCUT2D eigenvalue weighted by Crippen LogP contribution is 2.08. The molecule has 1 heterocycles. The van der Waals surface area contributed by atoms with Crippen LogP contribution < -0.4 is 5.32 Å². The molecule has 0 saturated heterocycles. The Morgan fingerprint density at radius 2 is 2.00 bits per heavy atom. The summed E-state index contributed by atoms with van der Waals surface area (Å²) in [4.78, 5) is 28.5. The highest BCUT2D eigenvalue weighted by Gasteiger charge is 2.18. The average Bonchev–Trinajstić information content (AvgIpc) is 2.40. The lowest BCUT2D eigenvalue weighted by Gasteiger charge is -2.23. The molecule has 0 aliphatic rings. The Morgan fingerprint density at radius 1 is 1.37 bits per heavy atom. The lowest BCUT2D eigenvalue weighted by molar-refractivity contribution is -0.131. The van der Waals surface area contributed by atoms with Crippen molar-refractivity contribution < 1.29 is 14.7 Å². The molecule has 1 amide bonds. The van der Waals surface area contributed by atoms with Crippen LogP contribution >= 0.6 is 0 Å². The number of aromatic carboxylic acids is 1. The molecule has 1 atom stereocenters. The van der Waals surface area contributed by atoms with E-state index in [0.29, 0.717) is 18.9 Å². The maximum atomic E-state index is 12.0. The molecule has 1 aromatic rings. The number of likely N-dealkylation sites (N-methyl/N-ethyl adjacent to an activating group) is 1. The van der Waals surface area contributed by atoms with Crippen LogP contribution in [-0.4, -0.2) is 46.0 Å². The number of pyridine rings is 1. The second-order valence-electron chi connectivity index (χ2n) is 4.09. The summed E-state index contributed by atoms with van der Waals surface area (Å²) in [6.45, 7) is 6.85. The topological polar surface area (TPSA) is 82.5 Å². The molecule has 1 unspecified atom stereocenters. The predicted molar refractivity (Wildman–Crippen MR) is 72.2 cm³/mol. The van der Waals surface area contributed by atoms with E-state index in [1.54, 1.807) is 24.0 Å². The van der Waals surface area contributed by atoms with E-state index < -0.39 is 12.0 Å². The van der Waals surface area contributed by atoms with Gasteiger partial charge in [0.1, 0.15) is 11.9 Å². The first-order valence-electron chi connectivity index (χ1n) is 6.25. The van der Waals surface area contributed by atoms with Gasteiger partial charge >= 0.3 is 5.97 Å². The zero-order valence-electron chi connectivity index (χ0n) is 11.4. The van der Waals surface area contributed by atoms with Crippen LogP contribution in [0.2, 0.25) is 0 Å². The van der Waals surface area contributed by atoms with Gasteiger partial charge in [-0.05, 0) is 32.9 Å². The fourth-order valence-corrected chi connectivity index (χ4v) is 1.73. The van der Waals surface area contributed by atoms with Gasteiger partial charge in [0, 0.05) is 13.1 Å². The molecule has 6 heteroatoms. The average molecular weight is 265 g/mol. The zero-order chi connectivity index (χ0) is 14.4. The van der Waals surface area contributed by atoms with Crippen LogP contribution in [0.4, 0.5) is 5.82 Å². The third-order valence-electron chi connectivity index (χ3n) is 2.78. The molecule has 0 aliphatic heterocycles. The van der Waals surface area contributed by atoms with E-state index in [4.69, 9.17) is 5.11 Å². The smallest absolute Gasteiger partial charge is 0.354 e. The number of carbonyl (C=O) groups is 2. The Kier molecular flexibility index (Phi) is 5.29. The predicted octanol–water partition coefficient (Wildman–Crippen LogP) is 1.45. The van der Waals surface area contributed by atoms with Crippen LogP contribution in [0.3, 0.4) is 0 Å². The molecule has 0 radical (unpaired) electrons. The maximum Gasteiger partial charge on any atom is 0.354 e. The number of carboxylic acid groups (broad SMARTS) is 1. The molecule has 0 bridgehead atoms. The molecule has 0 aromatic carbocycles. The van der Waals surface area contributed by atoms with Crippen molar-refractivity contribution in [1.29, 1.82) is 0 Å². The molecule has 1 rings (SSSR count). The van der Waals surface area contributed by atoms with E-state index in [9.17, 15) is 9.59 Å². The summed E-state index contributed by atoms with van der Waals surface area (Å²) in [5, 5.41) is 11.8. The Balaban J connectivity index is 2.76. The van der Waals surface area contributed by atoms with Crippen molar-refractivity contribution in [2.45, 2.75) is 26.8 Å². The number of amides is 1. The maximum absolute atomic E-state index is 12.0. The van der Waals surface area contributed by atoms with Crippen LogP contribution in [-0.2, 0) is 4.79 Å². The van der Waals surface area contributed by atoms with Gasteiger partial charge in [-0.3, -0.25) is 4.79 Å². The minimum atomic E-state index is -1.09. The number of hydrogen-bond donors (Lipinski definition) is 2. The minimum absolute atomic E-state index is 0.0347. The van der Waals surface area contributed by atoms with Crippen molar-refractivity contribution in [1.82, 2.24) is 9.88 Å². The molecular weight excluding hydrogens is 246 g/mol. The van der Waals surface area contributed by atoms with E-state index in [1.807, 2.05) is 13.8 Å². The molecule has 2 N–H and O–H groups in total.